The van der Waals surface area contributed by atoms with Gasteiger partial charge in [-0.25, -0.2) is 0 Å². The van der Waals surface area contributed by atoms with Gasteiger partial charge in [0.25, 0.3) is 0 Å². The van der Waals surface area contributed by atoms with Crippen LogP contribution in [0.15, 0.2) is 134 Å². The zero-order valence-electron chi connectivity index (χ0n) is 54.6. The molecule has 8 heteroatoms. The summed E-state index contributed by atoms with van der Waals surface area (Å²) in [4.78, 5) is 18.2. The van der Waals surface area contributed by atoms with Gasteiger partial charge >= 0.3 is 0 Å². The van der Waals surface area contributed by atoms with Crippen LogP contribution in [0, 0.1) is 40.0 Å². The number of para-hydroxylation sites is 4. The largest absolute Gasteiger partial charge is 0.358 e. The van der Waals surface area contributed by atoms with Crippen LogP contribution in [0.2, 0.25) is 0 Å². The first-order valence-corrected chi connectivity index (χ1v) is 27.1. The zero-order chi connectivity index (χ0) is 54.8. The summed E-state index contributed by atoms with van der Waals surface area (Å²) >= 11 is 0. The molecule has 9 aromatic rings. The summed E-state index contributed by atoms with van der Waals surface area (Å²) in [5, 5.41) is 7.62. The second-order valence-electron chi connectivity index (χ2n) is 14.6. The minimum absolute atomic E-state index is 0. The predicted molar refractivity (Wildman–Crippen MR) is 346 cm³/mol. The van der Waals surface area contributed by atoms with E-state index in [0.717, 1.165) is 28.8 Å². The molecule has 75 heavy (non-hydrogen) atoms. The Kier molecular flexibility index (Phi) is 100. The van der Waals surface area contributed by atoms with E-state index in [2.05, 4.69) is 172 Å². The number of pyridine rings is 2. The van der Waals surface area contributed by atoms with E-state index in [4.69, 9.17) is 0 Å². The molecule has 0 fully saturated rings. The Bertz CT molecular complexity index is 1950. The van der Waals surface area contributed by atoms with Crippen molar-refractivity contribution < 1.29 is 98.1 Å². The van der Waals surface area contributed by atoms with Crippen molar-refractivity contribution in [2.24, 2.45) is 17.8 Å². The molecule has 0 saturated carbocycles. The van der Waals surface area contributed by atoms with Crippen LogP contribution in [0.3, 0.4) is 0 Å². The molecule has 0 aliphatic carbocycles. The molecule has 0 bridgehead atoms. The summed E-state index contributed by atoms with van der Waals surface area (Å²) in [5.74, 6) is 2.50. The first kappa shape index (κ1) is 102. The number of hydrogen-bond donors (Lipinski definition) is 3. The summed E-state index contributed by atoms with van der Waals surface area (Å²) in [6.07, 6.45) is 7.36. The normalized spacial score (nSPS) is 7.92. The third kappa shape index (κ3) is 45.5. The van der Waals surface area contributed by atoms with E-state index < -0.39 is 0 Å². The van der Waals surface area contributed by atoms with Gasteiger partial charge < -0.3 is 37.2 Å². The van der Waals surface area contributed by atoms with Gasteiger partial charge in [0.1, 0.15) is 0 Å². The van der Waals surface area contributed by atoms with E-state index in [1.54, 1.807) is 0 Å². The summed E-state index contributed by atoms with van der Waals surface area (Å²) in [7, 11) is 0. The monoisotopic (exact) mass is 1260 g/mol. The molecule has 0 aliphatic rings. The molecule has 0 atom stereocenters. The number of nitrogens with zero attached hydrogens (tertiary/aromatic N) is 2. The van der Waals surface area contributed by atoms with E-state index >= 15 is 0 Å². The van der Waals surface area contributed by atoms with E-state index in [1.165, 1.54) is 54.4 Å². The molecule has 4 aromatic carbocycles. The second kappa shape index (κ2) is 74.0. The van der Waals surface area contributed by atoms with Crippen LogP contribution in [0.5, 0.6) is 0 Å². The Hall–Kier alpha value is -2.11. The second-order valence-corrected chi connectivity index (χ2v) is 14.6. The number of H-pyrrole nitrogens is 3. The Labute approximate surface area is 543 Å². The minimum atomic E-state index is 0. The molecule has 3 radical (unpaired) electrons. The van der Waals surface area contributed by atoms with Gasteiger partial charge in [0, 0.05) is 165 Å². The molecule has 9 rings (SSSR count). The van der Waals surface area contributed by atoms with Crippen molar-refractivity contribution in [2.45, 2.75) is 187 Å². The number of hydrogen-bond acceptors (Lipinski definition) is 2. The summed E-state index contributed by atoms with van der Waals surface area (Å²) in [6, 6.07) is 37.4. The number of benzene rings is 4. The number of fused-ring (bicyclic) bond motifs is 9. The van der Waals surface area contributed by atoms with E-state index in [-0.39, 0.29) is 120 Å². The Morgan fingerprint density at radius 1 is 0.253 bits per heavy atom. The van der Waals surface area contributed by atoms with E-state index in [1.807, 2.05) is 174 Å². The fourth-order valence-corrected chi connectivity index (χ4v) is 5.20. The molecule has 3 N–H and O–H groups in total. The van der Waals surface area contributed by atoms with Crippen LogP contribution in [-0.2, 0) is 98.1 Å². The quantitative estimate of drug-likeness (QED) is 0.132. The Morgan fingerprint density at radius 3 is 0.587 bits per heavy atom. The number of rotatable bonds is 0. The van der Waals surface area contributed by atoms with Gasteiger partial charge in [0.05, 0.1) is 23.4 Å². The van der Waals surface area contributed by atoms with Crippen molar-refractivity contribution in [3.05, 3.63) is 156 Å². The minimum Gasteiger partial charge on any atom is -0.358 e. The van der Waals surface area contributed by atoms with Gasteiger partial charge in [-0.3, -0.25) is 9.97 Å². The molecule has 0 unspecified atom stereocenters. The van der Waals surface area contributed by atoms with Gasteiger partial charge in [-0.1, -0.05) is 260 Å². The fourth-order valence-electron chi connectivity index (χ4n) is 5.20. The van der Waals surface area contributed by atoms with Crippen molar-refractivity contribution in [3.8, 4) is 0 Å². The summed E-state index contributed by atoms with van der Waals surface area (Å²) in [6.45, 7) is 55.5. The maximum atomic E-state index is 4.08. The third-order valence-electron chi connectivity index (χ3n) is 7.03. The van der Waals surface area contributed by atoms with Crippen LogP contribution in [0.4, 0.5) is 0 Å². The van der Waals surface area contributed by atoms with Gasteiger partial charge in [-0.05, 0) is 54.2 Å². The maximum absolute atomic E-state index is 4.08. The Balaban J connectivity index is -0.0000000615. The summed E-state index contributed by atoms with van der Waals surface area (Å²) in [5.41, 5.74) is 6.97. The molecule has 5 nitrogen and oxygen atoms in total. The van der Waals surface area contributed by atoms with E-state index in [0.29, 0.717) is 0 Å². The average Bonchev–Trinajstić information content (AvgIpc) is 4.11. The fraction of sp³-hybridized carbons (Fsp3) is 0.448. The van der Waals surface area contributed by atoms with Crippen LogP contribution in [0.25, 0.3) is 65.4 Å². The van der Waals surface area contributed by atoms with Crippen molar-refractivity contribution in [3.63, 3.8) is 0 Å². The predicted octanol–water partition coefficient (Wildman–Crippen LogP) is 24.3. The maximum Gasteiger partial charge on any atom is 0.0651 e. The smallest absolute Gasteiger partial charge is 0.0651 e. The van der Waals surface area contributed by atoms with E-state index in [9.17, 15) is 0 Å². The summed E-state index contributed by atoms with van der Waals surface area (Å²) < 4.78 is 0. The molecular formula is C67H118N5Y3-3. The standard InChI is InChI=1S/C12H9N.2C11H8N2.3C4H10.9C2H6.3CH3.3Y/c1-3-7-11-9(5-1)10-6-2-4-8-12(10)13-11;2*1-2-4-10-8(3-1)9-5-6-12-7-11(9)13-10;3*1-4(2)3;9*1-2;;;;;;/h1-8,13H;2*1-7,13H;3*4H,1-3H3;9*1-2H3;3*1H3;;;/q;;;;;;;;;;;;;;;3*-1;;;. The molecular weight excluding hydrogens is 1140 g/mol. The number of aromatic amines is 3. The molecule has 0 aliphatic heterocycles. The topological polar surface area (TPSA) is 73.2 Å². The van der Waals surface area contributed by atoms with Crippen LogP contribution in [-0.4, -0.2) is 24.9 Å². The Morgan fingerprint density at radius 2 is 0.400 bits per heavy atom. The molecule has 5 heterocycles. The van der Waals surface area contributed by atoms with Gasteiger partial charge in [0.15, 0.2) is 0 Å². The van der Waals surface area contributed by atoms with Crippen molar-refractivity contribution in [1.29, 1.82) is 0 Å². The molecule has 5 aromatic heterocycles. The van der Waals surface area contributed by atoms with Crippen molar-refractivity contribution >= 4 is 65.4 Å². The molecule has 0 amide bonds. The third-order valence-corrected chi connectivity index (χ3v) is 7.03. The first-order chi connectivity index (χ1) is 33.5. The zero-order valence-corrected chi connectivity index (χ0v) is 63.1. The van der Waals surface area contributed by atoms with Gasteiger partial charge in [-0.15, -0.1) is 0 Å². The molecule has 0 spiro atoms. The van der Waals surface area contributed by atoms with Crippen LogP contribution in [0.1, 0.15) is 187 Å². The SMILES string of the molecule is CC.CC.CC.CC.CC.CC.CC.CC.CC.CC(C)C.CC(C)C.CC(C)C.[CH3-].[CH3-].[CH3-].[Y].[Y].[Y].c1ccc2c(c1)[nH]c1ccccc12.c1ccc2c(c1)[nH]c1cnccc12.c1ccc2c(c1)[nH]c1cnccc12. The van der Waals surface area contributed by atoms with Crippen molar-refractivity contribution in [1.82, 2.24) is 24.9 Å². The van der Waals surface area contributed by atoms with Gasteiger partial charge in [0.2, 0.25) is 0 Å². The molecule has 423 valence electrons. The van der Waals surface area contributed by atoms with Crippen molar-refractivity contribution in [2.75, 3.05) is 0 Å². The first-order valence-electron chi connectivity index (χ1n) is 27.1. The number of nitrogens with one attached hydrogen (secondary N) is 3. The van der Waals surface area contributed by atoms with Crippen LogP contribution >= 0.6 is 0 Å². The number of aromatic nitrogens is 5. The van der Waals surface area contributed by atoms with Gasteiger partial charge in [-0.2, -0.15) is 0 Å². The molecule has 0 saturated heterocycles. The van der Waals surface area contributed by atoms with Crippen LogP contribution < -0.4 is 0 Å². The average molecular weight is 1260 g/mol.